The van der Waals surface area contributed by atoms with E-state index in [0.29, 0.717) is 28.8 Å². The number of aryl methyl sites for hydroxylation is 1. The van der Waals surface area contributed by atoms with Gasteiger partial charge >= 0.3 is 0 Å². The molecule has 2 rings (SSSR count). The predicted octanol–water partition coefficient (Wildman–Crippen LogP) is 2.84. The molecule has 0 aliphatic carbocycles. The van der Waals surface area contributed by atoms with Crippen molar-refractivity contribution >= 4 is 11.6 Å². The van der Waals surface area contributed by atoms with Gasteiger partial charge in [0, 0.05) is 18.7 Å². The van der Waals surface area contributed by atoms with Crippen LogP contribution in [0.5, 0.6) is 5.75 Å². The molecular formula is C15H19N3O3. The molecule has 2 aromatic rings. The molecule has 6 heteroatoms. The lowest BCUT2D eigenvalue weighted by molar-refractivity contribution is 0.101. The van der Waals surface area contributed by atoms with Gasteiger partial charge in [-0.2, -0.15) is 0 Å². The molecule has 112 valence electrons. The second kappa shape index (κ2) is 6.39. The Morgan fingerprint density at radius 3 is 2.90 bits per heavy atom. The van der Waals surface area contributed by atoms with Crippen LogP contribution >= 0.6 is 0 Å². The van der Waals surface area contributed by atoms with Crippen molar-refractivity contribution < 1.29 is 14.1 Å². The van der Waals surface area contributed by atoms with E-state index in [1.807, 2.05) is 6.92 Å². The van der Waals surface area contributed by atoms with Gasteiger partial charge in [-0.3, -0.25) is 9.78 Å². The van der Waals surface area contributed by atoms with E-state index in [1.54, 1.807) is 18.3 Å². The minimum absolute atomic E-state index is 0.252. The highest BCUT2D eigenvalue weighted by Crippen LogP contribution is 2.26. The number of aromatic nitrogens is 2. The molecule has 0 aliphatic heterocycles. The average Bonchev–Trinajstić information content (AvgIpc) is 2.86. The van der Waals surface area contributed by atoms with E-state index in [0.717, 1.165) is 6.42 Å². The third-order valence-electron chi connectivity index (χ3n) is 2.94. The van der Waals surface area contributed by atoms with E-state index >= 15 is 0 Å². The van der Waals surface area contributed by atoms with Crippen LogP contribution in [0.1, 0.15) is 35.8 Å². The molecule has 0 fully saturated rings. The number of rotatable bonds is 5. The Morgan fingerprint density at radius 2 is 2.24 bits per heavy atom. The van der Waals surface area contributed by atoms with Crippen LogP contribution < -0.4 is 10.1 Å². The van der Waals surface area contributed by atoms with Crippen molar-refractivity contribution in [1.82, 2.24) is 10.1 Å². The van der Waals surface area contributed by atoms with Crippen molar-refractivity contribution in [1.29, 1.82) is 0 Å². The van der Waals surface area contributed by atoms with E-state index in [9.17, 15) is 4.79 Å². The molecular weight excluding hydrogens is 270 g/mol. The van der Waals surface area contributed by atoms with Gasteiger partial charge in [0.05, 0.1) is 18.5 Å². The number of anilines is 1. The lowest BCUT2D eigenvalue weighted by atomic mass is 10.1. The molecule has 0 spiro atoms. The molecule has 6 nitrogen and oxygen atoms in total. The summed E-state index contributed by atoms with van der Waals surface area (Å²) in [6.07, 6.45) is 2.36. The van der Waals surface area contributed by atoms with E-state index < -0.39 is 0 Å². The Kier molecular flexibility index (Phi) is 4.57. The van der Waals surface area contributed by atoms with Gasteiger partial charge in [-0.05, 0) is 18.9 Å². The van der Waals surface area contributed by atoms with Gasteiger partial charge in [0.1, 0.15) is 5.76 Å². The number of nitrogens with zero attached hydrogens (tertiary/aromatic N) is 2. The first-order valence-corrected chi connectivity index (χ1v) is 6.77. The first kappa shape index (κ1) is 15.0. The zero-order valence-corrected chi connectivity index (χ0v) is 12.6. The Balaban J connectivity index is 2.15. The highest BCUT2D eigenvalue weighted by atomic mass is 16.5. The van der Waals surface area contributed by atoms with Crippen LogP contribution in [0.4, 0.5) is 5.69 Å². The summed E-state index contributed by atoms with van der Waals surface area (Å²) in [7, 11) is 1.54. The Labute approximate surface area is 123 Å². The van der Waals surface area contributed by atoms with Gasteiger partial charge in [-0.15, -0.1) is 0 Å². The van der Waals surface area contributed by atoms with Crippen LogP contribution in [0, 0.1) is 12.8 Å². The molecule has 0 saturated heterocycles. The van der Waals surface area contributed by atoms with Crippen molar-refractivity contribution in [3.8, 4) is 5.75 Å². The maximum Gasteiger partial charge on any atom is 0.277 e. The van der Waals surface area contributed by atoms with Gasteiger partial charge < -0.3 is 14.6 Å². The number of nitrogens with one attached hydrogen (secondary N) is 1. The first-order chi connectivity index (χ1) is 10.0. The number of methoxy groups -OCH3 is 1. The Hall–Kier alpha value is -2.37. The number of carbonyl (C=O) groups excluding carboxylic acids is 1. The summed E-state index contributed by atoms with van der Waals surface area (Å²) in [5.74, 6) is 1.35. The molecule has 1 N–H and O–H groups in total. The number of ether oxygens (including phenoxy) is 1. The molecule has 0 aliphatic rings. The van der Waals surface area contributed by atoms with Crippen molar-refractivity contribution in [3.63, 3.8) is 0 Å². The number of amides is 1. The third-order valence-corrected chi connectivity index (χ3v) is 2.94. The van der Waals surface area contributed by atoms with Crippen LogP contribution in [0.25, 0.3) is 0 Å². The molecule has 0 unspecified atom stereocenters. The van der Waals surface area contributed by atoms with Crippen molar-refractivity contribution in [2.24, 2.45) is 5.92 Å². The van der Waals surface area contributed by atoms with Gasteiger partial charge in [-0.25, -0.2) is 0 Å². The maximum absolute atomic E-state index is 12.2. The van der Waals surface area contributed by atoms with Crippen LogP contribution in [0.2, 0.25) is 0 Å². The number of pyridine rings is 1. The minimum Gasteiger partial charge on any atom is -0.493 e. The standard InChI is InChI=1S/C15H19N3O3/c1-9(2)7-11-8-13(18-21-11)15(19)17-12-5-6-16-10(3)14(12)20-4/h5-6,8-9H,7H2,1-4H3,(H,16,17,19). The third kappa shape index (κ3) is 3.59. The van der Waals surface area contributed by atoms with E-state index in [-0.39, 0.29) is 11.6 Å². The van der Waals surface area contributed by atoms with Gasteiger partial charge in [0.2, 0.25) is 0 Å². The highest BCUT2D eigenvalue weighted by molar-refractivity contribution is 6.03. The smallest absolute Gasteiger partial charge is 0.277 e. The van der Waals surface area contributed by atoms with E-state index in [1.165, 1.54) is 7.11 Å². The monoisotopic (exact) mass is 289 g/mol. The number of hydrogen-bond acceptors (Lipinski definition) is 5. The molecule has 0 radical (unpaired) electrons. The highest BCUT2D eigenvalue weighted by Gasteiger charge is 2.16. The fraction of sp³-hybridized carbons (Fsp3) is 0.400. The molecule has 0 aromatic carbocycles. The van der Waals surface area contributed by atoms with Crippen molar-refractivity contribution in [2.45, 2.75) is 27.2 Å². The molecule has 2 heterocycles. The summed E-state index contributed by atoms with van der Waals surface area (Å²) >= 11 is 0. The van der Waals surface area contributed by atoms with Gasteiger partial charge in [0.25, 0.3) is 5.91 Å². The zero-order chi connectivity index (χ0) is 15.4. The molecule has 2 aromatic heterocycles. The normalized spacial score (nSPS) is 10.7. The molecule has 21 heavy (non-hydrogen) atoms. The Morgan fingerprint density at radius 1 is 1.48 bits per heavy atom. The molecule has 0 bridgehead atoms. The SMILES string of the molecule is COc1c(NC(=O)c2cc(CC(C)C)on2)ccnc1C. The zero-order valence-electron chi connectivity index (χ0n) is 12.6. The van der Waals surface area contributed by atoms with Crippen LogP contribution in [-0.2, 0) is 6.42 Å². The molecule has 0 saturated carbocycles. The van der Waals surface area contributed by atoms with Crippen molar-refractivity contribution in [3.05, 3.63) is 35.5 Å². The first-order valence-electron chi connectivity index (χ1n) is 6.77. The largest absolute Gasteiger partial charge is 0.493 e. The summed E-state index contributed by atoms with van der Waals surface area (Å²) in [5, 5.41) is 6.56. The summed E-state index contributed by atoms with van der Waals surface area (Å²) in [6.45, 7) is 5.96. The summed E-state index contributed by atoms with van der Waals surface area (Å²) in [4.78, 5) is 16.3. The average molecular weight is 289 g/mol. The Bertz CT molecular complexity index is 635. The quantitative estimate of drug-likeness (QED) is 0.915. The second-order valence-corrected chi connectivity index (χ2v) is 5.21. The number of carbonyl (C=O) groups is 1. The molecule has 1 amide bonds. The minimum atomic E-state index is -0.336. The van der Waals surface area contributed by atoms with E-state index in [2.05, 4.69) is 29.3 Å². The predicted molar refractivity (Wildman–Crippen MR) is 78.5 cm³/mol. The maximum atomic E-state index is 12.2. The number of hydrogen-bond donors (Lipinski definition) is 1. The van der Waals surface area contributed by atoms with Crippen LogP contribution in [-0.4, -0.2) is 23.2 Å². The van der Waals surface area contributed by atoms with Gasteiger partial charge in [0.15, 0.2) is 11.4 Å². The topological polar surface area (TPSA) is 77.2 Å². The molecule has 0 atom stereocenters. The van der Waals surface area contributed by atoms with Crippen LogP contribution in [0.3, 0.4) is 0 Å². The lowest BCUT2D eigenvalue weighted by Gasteiger charge is -2.10. The van der Waals surface area contributed by atoms with Crippen molar-refractivity contribution in [2.75, 3.05) is 12.4 Å². The van der Waals surface area contributed by atoms with E-state index in [4.69, 9.17) is 9.26 Å². The second-order valence-electron chi connectivity index (χ2n) is 5.21. The lowest BCUT2D eigenvalue weighted by Crippen LogP contribution is -2.13. The summed E-state index contributed by atoms with van der Waals surface area (Å²) in [5.41, 5.74) is 1.52. The van der Waals surface area contributed by atoms with Gasteiger partial charge in [-0.1, -0.05) is 19.0 Å². The van der Waals surface area contributed by atoms with Crippen LogP contribution in [0.15, 0.2) is 22.9 Å². The fourth-order valence-electron chi connectivity index (χ4n) is 2.01. The summed E-state index contributed by atoms with van der Waals surface area (Å²) < 4.78 is 10.4. The summed E-state index contributed by atoms with van der Waals surface area (Å²) in [6, 6.07) is 3.34. The fourth-order valence-corrected chi connectivity index (χ4v) is 2.01.